The minimum atomic E-state index is -0.287. The molecule has 2 aromatic carbocycles. The summed E-state index contributed by atoms with van der Waals surface area (Å²) < 4.78 is 16.2. The maximum atomic E-state index is 14.1. The molecule has 0 spiro atoms. The van der Waals surface area contributed by atoms with Crippen LogP contribution in [0.5, 0.6) is 0 Å². The number of hydrogen-bond donors (Lipinski definition) is 1. The van der Waals surface area contributed by atoms with Crippen molar-refractivity contribution in [2.24, 2.45) is 0 Å². The Morgan fingerprint density at radius 1 is 1.14 bits per heavy atom. The molecule has 4 rings (SSSR count). The zero-order valence-corrected chi connectivity index (χ0v) is 17.8. The molecule has 0 aliphatic carbocycles. The number of fused-ring (bicyclic) bond motifs is 1. The molecule has 0 saturated heterocycles. The molecule has 0 aliphatic rings. The first kappa shape index (κ1) is 20.0. The van der Waals surface area contributed by atoms with Crippen molar-refractivity contribution in [3.63, 3.8) is 0 Å². The third-order valence-corrected chi connectivity index (χ3v) is 6.86. The highest BCUT2D eigenvalue weighted by molar-refractivity contribution is 7.98. The van der Waals surface area contributed by atoms with Gasteiger partial charge in [-0.15, -0.1) is 23.1 Å². The van der Waals surface area contributed by atoms with Crippen LogP contribution >= 0.6 is 34.7 Å². The van der Waals surface area contributed by atoms with Crippen LogP contribution in [0, 0.1) is 5.82 Å². The van der Waals surface area contributed by atoms with E-state index in [4.69, 9.17) is 11.6 Å². The molecular formula is C22H18ClFN2OS2. The lowest BCUT2D eigenvalue weighted by atomic mass is 10.2. The lowest BCUT2D eigenvalue weighted by Gasteiger charge is -2.06. The van der Waals surface area contributed by atoms with Crippen molar-refractivity contribution in [3.8, 4) is 0 Å². The Bertz CT molecular complexity index is 1120. The number of thioether (sulfide) groups is 1. The van der Waals surface area contributed by atoms with Gasteiger partial charge in [0.05, 0.1) is 4.88 Å². The molecule has 0 radical (unpaired) electrons. The molecule has 0 bridgehead atoms. The number of carbonyl (C=O) groups is 1. The highest BCUT2D eigenvalue weighted by Crippen LogP contribution is 2.34. The minimum absolute atomic E-state index is 0.0553. The molecule has 3 nitrogen and oxygen atoms in total. The fourth-order valence-electron chi connectivity index (χ4n) is 3.12. The predicted molar refractivity (Wildman–Crippen MR) is 120 cm³/mol. The first-order valence-corrected chi connectivity index (χ1v) is 11.3. The molecule has 7 heteroatoms. The molecular weight excluding hydrogens is 427 g/mol. The van der Waals surface area contributed by atoms with E-state index in [9.17, 15) is 9.18 Å². The lowest BCUT2D eigenvalue weighted by molar-refractivity contribution is 0.0956. The van der Waals surface area contributed by atoms with E-state index in [0.717, 1.165) is 15.8 Å². The van der Waals surface area contributed by atoms with Gasteiger partial charge in [-0.05, 0) is 29.6 Å². The Balaban J connectivity index is 1.48. The van der Waals surface area contributed by atoms with Crippen LogP contribution in [0.15, 0.2) is 71.1 Å². The topological polar surface area (TPSA) is 34.0 Å². The maximum absolute atomic E-state index is 14.1. The second-order valence-electron chi connectivity index (χ2n) is 6.43. The number of amides is 1. The van der Waals surface area contributed by atoms with E-state index in [1.54, 1.807) is 23.9 Å². The van der Waals surface area contributed by atoms with Crippen LogP contribution in [0.1, 0.15) is 15.2 Å². The van der Waals surface area contributed by atoms with Crippen molar-refractivity contribution in [1.82, 2.24) is 9.88 Å². The number of thiophene rings is 1. The van der Waals surface area contributed by atoms with Crippen molar-refractivity contribution in [2.45, 2.75) is 17.2 Å². The molecule has 0 aliphatic heterocycles. The Kier molecular flexibility index (Phi) is 6.23. The monoisotopic (exact) mass is 444 g/mol. The fourth-order valence-corrected chi connectivity index (χ4v) is 5.19. The maximum Gasteiger partial charge on any atom is 0.261 e. The van der Waals surface area contributed by atoms with Crippen LogP contribution in [0.4, 0.5) is 4.39 Å². The van der Waals surface area contributed by atoms with Gasteiger partial charge < -0.3 is 9.88 Å². The lowest BCUT2D eigenvalue weighted by Crippen LogP contribution is -2.26. The summed E-state index contributed by atoms with van der Waals surface area (Å²) in [6.07, 6.45) is 2.06. The number of para-hydroxylation sites is 1. The smallest absolute Gasteiger partial charge is 0.261 e. The standard InChI is InChI=1S/C22H18ClFN2OS2/c23-17-6-3-7-18(24)16(17)14-29-21-13-26(19-8-2-1-5-15(19)21)11-10-25-22(27)20-9-4-12-28-20/h1-9,12-13H,10-11,14H2,(H,25,27). The predicted octanol–water partition coefficient (Wildman–Crippen LogP) is 6.22. The molecule has 0 fully saturated rings. The highest BCUT2D eigenvalue weighted by Gasteiger charge is 2.12. The summed E-state index contributed by atoms with van der Waals surface area (Å²) in [5.41, 5.74) is 1.60. The van der Waals surface area contributed by atoms with Gasteiger partial charge in [-0.3, -0.25) is 4.79 Å². The van der Waals surface area contributed by atoms with E-state index in [1.165, 1.54) is 17.4 Å². The first-order valence-electron chi connectivity index (χ1n) is 9.09. The van der Waals surface area contributed by atoms with Gasteiger partial charge in [0.15, 0.2) is 0 Å². The number of halogens is 2. The summed E-state index contributed by atoms with van der Waals surface area (Å²) in [5.74, 6) is 0.111. The van der Waals surface area contributed by atoms with Gasteiger partial charge in [0.1, 0.15) is 5.82 Å². The average Bonchev–Trinajstić information content (AvgIpc) is 3.37. The highest BCUT2D eigenvalue weighted by atomic mass is 35.5. The van der Waals surface area contributed by atoms with Gasteiger partial charge in [-0.1, -0.05) is 41.9 Å². The van der Waals surface area contributed by atoms with Crippen molar-refractivity contribution >= 4 is 51.5 Å². The number of nitrogens with one attached hydrogen (secondary N) is 1. The Hall–Kier alpha value is -2.28. The number of nitrogens with zero attached hydrogens (tertiary/aromatic N) is 1. The van der Waals surface area contributed by atoms with E-state index < -0.39 is 0 Å². The van der Waals surface area contributed by atoms with Gasteiger partial charge in [0, 0.05) is 51.4 Å². The largest absolute Gasteiger partial charge is 0.350 e. The van der Waals surface area contributed by atoms with Crippen molar-refractivity contribution in [1.29, 1.82) is 0 Å². The average molecular weight is 445 g/mol. The summed E-state index contributed by atoms with van der Waals surface area (Å²) in [7, 11) is 0. The van der Waals surface area contributed by atoms with Gasteiger partial charge in [0.2, 0.25) is 0 Å². The van der Waals surface area contributed by atoms with Gasteiger partial charge in [-0.25, -0.2) is 4.39 Å². The normalized spacial score (nSPS) is 11.1. The molecule has 1 amide bonds. The third kappa shape index (κ3) is 4.50. The number of rotatable bonds is 7. The number of hydrogen-bond acceptors (Lipinski definition) is 3. The second-order valence-corrected chi connectivity index (χ2v) is 8.80. The summed E-state index contributed by atoms with van der Waals surface area (Å²) in [5, 5.41) is 6.39. The summed E-state index contributed by atoms with van der Waals surface area (Å²) in [4.78, 5) is 13.9. The molecule has 0 atom stereocenters. The summed E-state index contributed by atoms with van der Waals surface area (Å²) >= 11 is 9.15. The van der Waals surface area contributed by atoms with Crippen LogP contribution < -0.4 is 5.32 Å². The van der Waals surface area contributed by atoms with Crippen LogP contribution in [-0.4, -0.2) is 17.0 Å². The Morgan fingerprint density at radius 2 is 2.00 bits per heavy atom. The van der Waals surface area contributed by atoms with Gasteiger partial charge in [-0.2, -0.15) is 0 Å². The van der Waals surface area contributed by atoms with Crippen LogP contribution in [0.25, 0.3) is 10.9 Å². The Labute approximate surface area is 181 Å². The van der Waals surface area contributed by atoms with Crippen LogP contribution in [0.2, 0.25) is 5.02 Å². The molecule has 2 aromatic heterocycles. The van der Waals surface area contributed by atoms with E-state index in [-0.39, 0.29) is 11.7 Å². The van der Waals surface area contributed by atoms with Gasteiger partial charge in [0.25, 0.3) is 5.91 Å². The molecule has 0 saturated carbocycles. The van der Waals surface area contributed by atoms with Crippen LogP contribution in [-0.2, 0) is 12.3 Å². The minimum Gasteiger partial charge on any atom is -0.350 e. The van der Waals surface area contributed by atoms with Crippen molar-refractivity contribution in [3.05, 3.63) is 87.5 Å². The zero-order chi connectivity index (χ0) is 20.2. The molecule has 0 unspecified atom stereocenters. The summed E-state index contributed by atoms with van der Waals surface area (Å²) in [6.45, 7) is 1.18. The van der Waals surface area contributed by atoms with E-state index in [2.05, 4.69) is 28.2 Å². The van der Waals surface area contributed by atoms with E-state index in [1.807, 2.05) is 29.6 Å². The van der Waals surface area contributed by atoms with Crippen molar-refractivity contribution in [2.75, 3.05) is 6.54 Å². The first-order chi connectivity index (χ1) is 14.1. The van der Waals surface area contributed by atoms with Crippen LogP contribution in [0.3, 0.4) is 0 Å². The zero-order valence-electron chi connectivity index (χ0n) is 15.4. The SMILES string of the molecule is O=C(NCCn1cc(SCc2c(F)cccc2Cl)c2ccccc21)c1cccs1. The molecule has 2 heterocycles. The summed E-state index contributed by atoms with van der Waals surface area (Å²) in [6, 6.07) is 16.5. The van der Waals surface area contributed by atoms with Crippen molar-refractivity contribution < 1.29 is 9.18 Å². The quantitative estimate of drug-likeness (QED) is 0.343. The van der Waals surface area contributed by atoms with Gasteiger partial charge >= 0.3 is 0 Å². The van der Waals surface area contributed by atoms with E-state index >= 15 is 0 Å². The Morgan fingerprint density at radius 3 is 2.79 bits per heavy atom. The molecule has 148 valence electrons. The molecule has 1 N–H and O–H groups in total. The number of carbonyl (C=O) groups excluding carboxylic acids is 1. The number of aromatic nitrogens is 1. The second kappa shape index (κ2) is 9.03. The van der Waals surface area contributed by atoms with E-state index in [0.29, 0.717) is 34.3 Å². The third-order valence-electron chi connectivity index (χ3n) is 4.57. The number of benzene rings is 2. The molecule has 29 heavy (non-hydrogen) atoms. The molecule has 4 aromatic rings. The fraction of sp³-hybridized carbons (Fsp3) is 0.136.